The molecule has 2 rings (SSSR count). The highest BCUT2D eigenvalue weighted by atomic mass is 79.9. The second-order valence-electron chi connectivity index (χ2n) is 3.75. The van der Waals surface area contributed by atoms with Gasteiger partial charge in [-0.15, -0.1) is 0 Å². The van der Waals surface area contributed by atoms with E-state index in [-0.39, 0.29) is 0 Å². The van der Waals surface area contributed by atoms with Crippen molar-refractivity contribution in [3.8, 4) is 5.75 Å². The molecule has 1 aliphatic rings. The Morgan fingerprint density at radius 2 is 2.29 bits per heavy atom. The van der Waals surface area contributed by atoms with Crippen LogP contribution in [0.1, 0.15) is 24.3 Å². The van der Waals surface area contributed by atoms with Crippen molar-refractivity contribution in [1.29, 1.82) is 0 Å². The lowest BCUT2D eigenvalue weighted by Crippen LogP contribution is -2.28. The van der Waals surface area contributed by atoms with Gasteiger partial charge in [-0.2, -0.15) is 0 Å². The summed E-state index contributed by atoms with van der Waals surface area (Å²) in [6.45, 7) is 2.08. The zero-order chi connectivity index (χ0) is 9.97. The van der Waals surface area contributed by atoms with E-state index in [0.717, 1.165) is 29.5 Å². The Labute approximate surface area is 92.5 Å². The molecule has 1 atom stereocenters. The van der Waals surface area contributed by atoms with E-state index in [0.29, 0.717) is 11.7 Å². The lowest BCUT2D eigenvalue weighted by molar-refractivity contribution is 0.425. The molecule has 76 valence electrons. The molecule has 1 fully saturated rings. The lowest BCUT2D eigenvalue weighted by Gasteiger charge is -2.23. The SMILES string of the molecule is Oc1ccc(Br)cc1C1CCCNC1. The molecule has 14 heavy (non-hydrogen) atoms. The molecule has 0 amide bonds. The lowest BCUT2D eigenvalue weighted by atomic mass is 9.91. The van der Waals surface area contributed by atoms with E-state index in [2.05, 4.69) is 21.2 Å². The summed E-state index contributed by atoms with van der Waals surface area (Å²) in [5, 5.41) is 13.1. The van der Waals surface area contributed by atoms with Crippen LogP contribution in [0.25, 0.3) is 0 Å². The minimum atomic E-state index is 0.418. The average Bonchev–Trinajstić information content (AvgIpc) is 2.23. The van der Waals surface area contributed by atoms with Crippen molar-refractivity contribution in [3.63, 3.8) is 0 Å². The first-order valence-corrected chi connectivity index (χ1v) is 5.76. The summed E-state index contributed by atoms with van der Waals surface area (Å²) in [6, 6.07) is 5.65. The third kappa shape index (κ3) is 2.10. The van der Waals surface area contributed by atoms with Crippen molar-refractivity contribution in [2.75, 3.05) is 13.1 Å². The highest BCUT2D eigenvalue weighted by Gasteiger charge is 2.18. The summed E-state index contributed by atoms with van der Waals surface area (Å²) in [6.07, 6.45) is 2.35. The summed E-state index contributed by atoms with van der Waals surface area (Å²) in [5.74, 6) is 0.878. The van der Waals surface area contributed by atoms with Gasteiger partial charge in [-0.05, 0) is 43.1 Å². The average molecular weight is 256 g/mol. The Morgan fingerprint density at radius 3 is 3.00 bits per heavy atom. The van der Waals surface area contributed by atoms with Crippen LogP contribution < -0.4 is 5.32 Å². The van der Waals surface area contributed by atoms with Gasteiger partial charge < -0.3 is 10.4 Å². The van der Waals surface area contributed by atoms with Gasteiger partial charge in [0.25, 0.3) is 0 Å². The molecule has 0 radical (unpaired) electrons. The van der Waals surface area contributed by atoms with Crippen LogP contribution in [0.15, 0.2) is 22.7 Å². The Morgan fingerprint density at radius 1 is 1.43 bits per heavy atom. The van der Waals surface area contributed by atoms with Crippen molar-refractivity contribution >= 4 is 15.9 Å². The van der Waals surface area contributed by atoms with E-state index in [1.54, 1.807) is 6.07 Å². The number of piperidine rings is 1. The minimum Gasteiger partial charge on any atom is -0.508 e. The molecule has 1 aromatic carbocycles. The molecular weight excluding hydrogens is 242 g/mol. The second kappa shape index (κ2) is 4.32. The molecule has 2 nitrogen and oxygen atoms in total. The molecule has 1 saturated heterocycles. The molecule has 0 aromatic heterocycles. The van der Waals surface area contributed by atoms with Crippen LogP contribution in [0.3, 0.4) is 0 Å². The third-order valence-corrected chi connectivity index (χ3v) is 3.22. The van der Waals surface area contributed by atoms with E-state index in [1.807, 2.05) is 12.1 Å². The van der Waals surface area contributed by atoms with Gasteiger partial charge in [-0.25, -0.2) is 0 Å². The summed E-state index contributed by atoms with van der Waals surface area (Å²) < 4.78 is 1.04. The van der Waals surface area contributed by atoms with Crippen LogP contribution in [-0.4, -0.2) is 18.2 Å². The van der Waals surface area contributed by atoms with Crippen molar-refractivity contribution < 1.29 is 5.11 Å². The first-order chi connectivity index (χ1) is 6.77. The molecule has 2 N–H and O–H groups in total. The maximum atomic E-state index is 9.74. The van der Waals surface area contributed by atoms with Gasteiger partial charge in [0.05, 0.1) is 0 Å². The minimum absolute atomic E-state index is 0.418. The van der Waals surface area contributed by atoms with Gasteiger partial charge in [0, 0.05) is 16.9 Å². The van der Waals surface area contributed by atoms with Crippen molar-refractivity contribution in [1.82, 2.24) is 5.32 Å². The Kier molecular flexibility index (Phi) is 3.08. The zero-order valence-electron chi connectivity index (χ0n) is 7.96. The van der Waals surface area contributed by atoms with Gasteiger partial charge >= 0.3 is 0 Å². The van der Waals surface area contributed by atoms with Crippen LogP contribution in [0.5, 0.6) is 5.75 Å². The van der Waals surface area contributed by atoms with Crippen LogP contribution in [0.4, 0.5) is 0 Å². The zero-order valence-corrected chi connectivity index (χ0v) is 9.55. The van der Waals surface area contributed by atoms with Gasteiger partial charge in [-0.1, -0.05) is 15.9 Å². The number of hydrogen-bond acceptors (Lipinski definition) is 2. The molecule has 1 aromatic rings. The quantitative estimate of drug-likeness (QED) is 0.809. The van der Waals surface area contributed by atoms with E-state index >= 15 is 0 Å². The molecule has 3 heteroatoms. The maximum absolute atomic E-state index is 9.74. The van der Waals surface area contributed by atoms with E-state index in [1.165, 1.54) is 6.42 Å². The predicted molar refractivity (Wildman–Crippen MR) is 60.7 cm³/mol. The number of halogens is 1. The summed E-state index contributed by atoms with van der Waals surface area (Å²) in [5.41, 5.74) is 1.06. The van der Waals surface area contributed by atoms with Gasteiger partial charge in [0.1, 0.15) is 5.75 Å². The second-order valence-corrected chi connectivity index (χ2v) is 4.66. The molecular formula is C11H14BrNO. The first kappa shape index (κ1) is 9.99. The molecule has 0 aliphatic carbocycles. The fraction of sp³-hybridized carbons (Fsp3) is 0.455. The van der Waals surface area contributed by atoms with Gasteiger partial charge in [-0.3, -0.25) is 0 Å². The molecule has 1 unspecified atom stereocenters. The highest BCUT2D eigenvalue weighted by Crippen LogP contribution is 2.32. The Bertz CT molecular complexity index is 321. The molecule has 0 bridgehead atoms. The fourth-order valence-electron chi connectivity index (χ4n) is 1.97. The maximum Gasteiger partial charge on any atom is 0.119 e. The number of hydrogen-bond donors (Lipinski definition) is 2. The van der Waals surface area contributed by atoms with Crippen LogP contribution in [0.2, 0.25) is 0 Å². The topological polar surface area (TPSA) is 32.3 Å². The number of benzene rings is 1. The molecule has 0 spiro atoms. The summed E-state index contributed by atoms with van der Waals surface area (Å²) in [7, 11) is 0. The number of rotatable bonds is 1. The molecule has 1 aliphatic heterocycles. The van der Waals surface area contributed by atoms with Crippen LogP contribution >= 0.6 is 15.9 Å². The standard InChI is InChI=1S/C11H14BrNO/c12-9-3-4-11(14)10(6-9)8-2-1-5-13-7-8/h3-4,6,8,13-14H,1-2,5,7H2. The molecule has 1 heterocycles. The number of aromatic hydroxyl groups is 1. The van der Waals surface area contributed by atoms with Gasteiger partial charge in [0.2, 0.25) is 0 Å². The van der Waals surface area contributed by atoms with Crippen molar-refractivity contribution in [2.45, 2.75) is 18.8 Å². The predicted octanol–water partition coefficient (Wildman–Crippen LogP) is 2.62. The number of nitrogens with one attached hydrogen (secondary N) is 1. The molecule has 0 saturated carbocycles. The number of phenolic OH excluding ortho intramolecular Hbond substituents is 1. The fourth-order valence-corrected chi connectivity index (χ4v) is 2.35. The summed E-state index contributed by atoms with van der Waals surface area (Å²) in [4.78, 5) is 0. The highest BCUT2D eigenvalue weighted by molar-refractivity contribution is 9.10. The third-order valence-electron chi connectivity index (χ3n) is 2.73. The van der Waals surface area contributed by atoms with Crippen LogP contribution in [-0.2, 0) is 0 Å². The van der Waals surface area contributed by atoms with E-state index in [9.17, 15) is 5.11 Å². The normalized spacial score (nSPS) is 22.2. The van der Waals surface area contributed by atoms with Crippen molar-refractivity contribution in [3.05, 3.63) is 28.2 Å². The van der Waals surface area contributed by atoms with E-state index < -0.39 is 0 Å². The Balaban J connectivity index is 2.24. The Hall–Kier alpha value is -0.540. The number of phenols is 1. The van der Waals surface area contributed by atoms with E-state index in [4.69, 9.17) is 0 Å². The first-order valence-electron chi connectivity index (χ1n) is 4.96. The van der Waals surface area contributed by atoms with Crippen LogP contribution in [0, 0.1) is 0 Å². The smallest absolute Gasteiger partial charge is 0.119 e. The van der Waals surface area contributed by atoms with Gasteiger partial charge in [0.15, 0.2) is 0 Å². The summed E-state index contributed by atoms with van der Waals surface area (Å²) >= 11 is 3.43. The largest absolute Gasteiger partial charge is 0.508 e. The monoisotopic (exact) mass is 255 g/mol. The van der Waals surface area contributed by atoms with Crippen molar-refractivity contribution in [2.24, 2.45) is 0 Å².